The van der Waals surface area contributed by atoms with Crippen LogP contribution >= 0.6 is 0 Å². The maximum Gasteiger partial charge on any atom is 0.127 e. The summed E-state index contributed by atoms with van der Waals surface area (Å²) >= 11 is 0. The Morgan fingerprint density at radius 3 is 2.85 bits per heavy atom. The number of likely N-dealkylation sites (tertiary alicyclic amines) is 1. The maximum atomic E-state index is 13.9. The quantitative estimate of drug-likeness (QED) is 0.916. The Labute approximate surface area is 120 Å². The first kappa shape index (κ1) is 14.0. The molecular formula is C16H24FN3. The SMILES string of the molecule is CN1C2CCC1CN(Cc1cc(CN)ccc1F)CC2. The van der Waals surface area contributed by atoms with E-state index in [2.05, 4.69) is 16.8 Å². The van der Waals surface area contributed by atoms with Crippen LogP contribution < -0.4 is 5.73 Å². The molecule has 2 aliphatic heterocycles. The highest BCUT2D eigenvalue weighted by Gasteiger charge is 2.34. The summed E-state index contributed by atoms with van der Waals surface area (Å²) in [6.07, 6.45) is 3.81. The van der Waals surface area contributed by atoms with Gasteiger partial charge in [0, 0.05) is 43.8 Å². The molecule has 0 radical (unpaired) electrons. The smallest absolute Gasteiger partial charge is 0.127 e. The van der Waals surface area contributed by atoms with Gasteiger partial charge in [0.2, 0.25) is 0 Å². The number of rotatable bonds is 3. The number of hydrogen-bond donors (Lipinski definition) is 1. The molecule has 1 aromatic carbocycles. The third kappa shape index (κ3) is 2.73. The summed E-state index contributed by atoms with van der Waals surface area (Å²) in [5, 5.41) is 0. The number of hydrogen-bond acceptors (Lipinski definition) is 3. The maximum absolute atomic E-state index is 13.9. The largest absolute Gasteiger partial charge is 0.326 e. The number of nitrogens with zero attached hydrogens (tertiary/aromatic N) is 2. The molecule has 0 spiro atoms. The van der Waals surface area contributed by atoms with Gasteiger partial charge in [0.05, 0.1) is 0 Å². The Morgan fingerprint density at radius 1 is 1.25 bits per heavy atom. The lowest BCUT2D eigenvalue weighted by Crippen LogP contribution is -2.36. The van der Waals surface area contributed by atoms with Crippen LogP contribution in [-0.2, 0) is 13.1 Å². The monoisotopic (exact) mass is 277 g/mol. The van der Waals surface area contributed by atoms with Crippen LogP contribution in [0.25, 0.3) is 0 Å². The summed E-state index contributed by atoms with van der Waals surface area (Å²) in [4.78, 5) is 4.92. The van der Waals surface area contributed by atoms with Crippen molar-refractivity contribution in [1.82, 2.24) is 9.80 Å². The van der Waals surface area contributed by atoms with E-state index < -0.39 is 0 Å². The molecule has 3 rings (SSSR count). The van der Waals surface area contributed by atoms with E-state index in [9.17, 15) is 4.39 Å². The molecule has 2 N–H and O–H groups in total. The fourth-order valence-corrected chi connectivity index (χ4v) is 3.64. The number of halogens is 1. The molecule has 2 unspecified atom stereocenters. The molecule has 2 bridgehead atoms. The lowest BCUT2D eigenvalue weighted by molar-refractivity contribution is 0.213. The number of benzene rings is 1. The van der Waals surface area contributed by atoms with Crippen molar-refractivity contribution < 1.29 is 4.39 Å². The van der Waals surface area contributed by atoms with Crippen LogP contribution in [0.1, 0.15) is 30.4 Å². The molecule has 3 nitrogen and oxygen atoms in total. The summed E-state index contributed by atoms with van der Waals surface area (Å²) in [5.41, 5.74) is 7.45. The van der Waals surface area contributed by atoms with Gasteiger partial charge in [0.25, 0.3) is 0 Å². The summed E-state index contributed by atoms with van der Waals surface area (Å²) in [6, 6.07) is 6.61. The number of likely N-dealkylation sites (N-methyl/N-ethyl adjacent to an activating group) is 1. The minimum atomic E-state index is -0.107. The van der Waals surface area contributed by atoms with Crippen molar-refractivity contribution in [3.05, 3.63) is 35.1 Å². The van der Waals surface area contributed by atoms with Crippen LogP contribution in [0.4, 0.5) is 4.39 Å². The molecule has 0 saturated carbocycles. The van der Waals surface area contributed by atoms with Crippen molar-refractivity contribution in [2.45, 2.75) is 44.4 Å². The van der Waals surface area contributed by atoms with E-state index >= 15 is 0 Å². The second-order valence-corrected chi connectivity index (χ2v) is 6.20. The van der Waals surface area contributed by atoms with Gasteiger partial charge >= 0.3 is 0 Å². The molecule has 2 atom stereocenters. The minimum Gasteiger partial charge on any atom is -0.326 e. The predicted molar refractivity (Wildman–Crippen MR) is 78.8 cm³/mol. The minimum absolute atomic E-state index is 0.107. The van der Waals surface area contributed by atoms with Crippen LogP contribution in [0.15, 0.2) is 18.2 Å². The van der Waals surface area contributed by atoms with E-state index in [1.165, 1.54) is 19.3 Å². The van der Waals surface area contributed by atoms with Crippen LogP contribution in [0.2, 0.25) is 0 Å². The highest BCUT2D eigenvalue weighted by atomic mass is 19.1. The van der Waals surface area contributed by atoms with Crippen LogP contribution in [0.3, 0.4) is 0 Å². The molecule has 0 aliphatic carbocycles. The molecule has 20 heavy (non-hydrogen) atoms. The molecule has 1 aromatic rings. The van der Waals surface area contributed by atoms with Crippen molar-refractivity contribution in [1.29, 1.82) is 0 Å². The van der Waals surface area contributed by atoms with Gasteiger partial charge in [-0.2, -0.15) is 0 Å². The van der Waals surface area contributed by atoms with Crippen molar-refractivity contribution in [3.63, 3.8) is 0 Å². The lowest BCUT2D eigenvalue weighted by atomic mass is 10.1. The van der Waals surface area contributed by atoms with Crippen LogP contribution in [0.5, 0.6) is 0 Å². The fourth-order valence-electron chi connectivity index (χ4n) is 3.64. The van der Waals surface area contributed by atoms with Crippen molar-refractivity contribution in [3.8, 4) is 0 Å². The molecule has 0 aromatic heterocycles. The predicted octanol–water partition coefficient (Wildman–Crippen LogP) is 1.95. The standard InChI is InChI=1S/C16H24FN3/c1-19-14-3-4-15(19)11-20(7-6-14)10-13-8-12(9-18)2-5-16(13)17/h2,5,8,14-15H,3-4,6-7,9-11,18H2,1H3. The average molecular weight is 277 g/mol. The molecule has 2 fully saturated rings. The Kier molecular flexibility index (Phi) is 4.06. The third-order valence-electron chi connectivity index (χ3n) is 4.97. The van der Waals surface area contributed by atoms with Crippen LogP contribution in [0, 0.1) is 5.82 Å². The summed E-state index contributed by atoms with van der Waals surface area (Å²) in [6.45, 7) is 3.30. The van der Waals surface area contributed by atoms with Gasteiger partial charge < -0.3 is 5.73 Å². The van der Waals surface area contributed by atoms with Gasteiger partial charge in [-0.25, -0.2) is 4.39 Å². The van der Waals surface area contributed by atoms with Crippen molar-refractivity contribution >= 4 is 0 Å². The van der Waals surface area contributed by atoms with Gasteiger partial charge in [-0.05, 0) is 37.9 Å². The van der Waals surface area contributed by atoms with E-state index in [4.69, 9.17) is 5.73 Å². The lowest BCUT2D eigenvalue weighted by Gasteiger charge is -2.26. The zero-order valence-corrected chi connectivity index (χ0v) is 12.2. The summed E-state index contributed by atoms with van der Waals surface area (Å²) in [7, 11) is 2.24. The van der Waals surface area contributed by atoms with Gasteiger partial charge in [-0.15, -0.1) is 0 Å². The Bertz CT molecular complexity index is 477. The first-order chi connectivity index (χ1) is 9.67. The fraction of sp³-hybridized carbons (Fsp3) is 0.625. The summed E-state index contributed by atoms with van der Waals surface area (Å²) < 4.78 is 13.9. The molecular weight excluding hydrogens is 253 g/mol. The van der Waals surface area contributed by atoms with Gasteiger partial charge in [0.1, 0.15) is 5.82 Å². The Morgan fingerprint density at radius 2 is 2.05 bits per heavy atom. The van der Waals surface area contributed by atoms with E-state index in [1.807, 2.05) is 6.07 Å². The highest BCUT2D eigenvalue weighted by molar-refractivity contribution is 5.25. The normalized spacial score (nSPS) is 27.8. The number of nitrogens with two attached hydrogens (primary N) is 1. The molecule has 2 heterocycles. The van der Waals surface area contributed by atoms with E-state index in [1.54, 1.807) is 12.1 Å². The van der Waals surface area contributed by atoms with E-state index in [0.29, 0.717) is 19.1 Å². The zero-order chi connectivity index (χ0) is 14.1. The first-order valence-corrected chi connectivity index (χ1v) is 7.59. The first-order valence-electron chi connectivity index (χ1n) is 7.59. The Balaban J connectivity index is 1.72. The average Bonchev–Trinajstić information content (AvgIpc) is 2.69. The highest BCUT2D eigenvalue weighted by Crippen LogP contribution is 2.29. The van der Waals surface area contributed by atoms with Gasteiger partial charge in [-0.1, -0.05) is 12.1 Å². The van der Waals surface area contributed by atoms with Crippen LogP contribution in [-0.4, -0.2) is 42.0 Å². The zero-order valence-electron chi connectivity index (χ0n) is 12.2. The van der Waals surface area contributed by atoms with E-state index in [-0.39, 0.29) is 5.82 Å². The van der Waals surface area contributed by atoms with Gasteiger partial charge in [-0.3, -0.25) is 9.80 Å². The van der Waals surface area contributed by atoms with E-state index in [0.717, 1.165) is 30.3 Å². The van der Waals surface area contributed by atoms with Crippen molar-refractivity contribution in [2.75, 3.05) is 20.1 Å². The summed E-state index contributed by atoms with van der Waals surface area (Å²) in [5.74, 6) is -0.107. The second kappa shape index (κ2) is 5.80. The second-order valence-electron chi connectivity index (χ2n) is 6.20. The molecule has 2 aliphatic rings. The molecule has 2 saturated heterocycles. The Hall–Kier alpha value is -0.970. The van der Waals surface area contributed by atoms with Crippen molar-refractivity contribution in [2.24, 2.45) is 5.73 Å². The topological polar surface area (TPSA) is 32.5 Å². The third-order valence-corrected chi connectivity index (χ3v) is 4.97. The number of fused-ring (bicyclic) bond motifs is 2. The van der Waals surface area contributed by atoms with Gasteiger partial charge in [0.15, 0.2) is 0 Å². The molecule has 110 valence electrons. The molecule has 0 amide bonds. The molecule has 4 heteroatoms.